The lowest BCUT2D eigenvalue weighted by Crippen LogP contribution is -2.37. The molecule has 118 valence electrons. The Labute approximate surface area is 131 Å². The molecule has 0 spiro atoms. The molecule has 0 bridgehead atoms. The number of aryl methyl sites for hydroxylation is 1. The Kier molecular flexibility index (Phi) is 6.42. The third kappa shape index (κ3) is 3.86. The fraction of sp³-hybridized carbons (Fsp3) is 0.600. The number of rotatable bonds is 5. The summed E-state index contributed by atoms with van der Waals surface area (Å²) in [5, 5.41) is 6.30. The monoisotopic (exact) mass is 313 g/mol. The average Bonchev–Trinajstić information content (AvgIpc) is 3.02. The molecule has 1 saturated heterocycles. The number of Topliss-reactive ketones (excluding diaryl/α,β-unsaturated/α-hetero) is 1. The van der Waals surface area contributed by atoms with Crippen LogP contribution in [0.25, 0.3) is 0 Å². The van der Waals surface area contributed by atoms with Crippen LogP contribution in [0.2, 0.25) is 0 Å². The number of ketones is 1. The molecule has 1 aromatic rings. The van der Waals surface area contributed by atoms with Gasteiger partial charge in [0, 0.05) is 23.8 Å². The highest BCUT2D eigenvalue weighted by Crippen LogP contribution is 2.20. The fourth-order valence-corrected chi connectivity index (χ4v) is 2.94. The van der Waals surface area contributed by atoms with Gasteiger partial charge in [0.2, 0.25) is 0 Å². The molecule has 1 unspecified atom stereocenters. The number of carbonyl (C=O) groups excluding carboxylic acids is 2. The number of amides is 1. The molecule has 1 aliphatic rings. The van der Waals surface area contributed by atoms with Gasteiger partial charge in [-0.3, -0.25) is 9.59 Å². The van der Waals surface area contributed by atoms with Crippen molar-refractivity contribution in [3.05, 3.63) is 22.5 Å². The second-order valence-electron chi connectivity index (χ2n) is 5.39. The first-order valence-corrected chi connectivity index (χ1v) is 7.28. The Balaban J connectivity index is 0.00000220. The average molecular weight is 314 g/mol. The van der Waals surface area contributed by atoms with Crippen molar-refractivity contribution in [1.29, 1.82) is 0 Å². The Morgan fingerprint density at radius 1 is 1.38 bits per heavy atom. The molecule has 21 heavy (non-hydrogen) atoms. The van der Waals surface area contributed by atoms with Gasteiger partial charge in [0.15, 0.2) is 5.78 Å². The molecule has 0 saturated carbocycles. The van der Waals surface area contributed by atoms with Gasteiger partial charge in [-0.25, -0.2) is 0 Å². The molecule has 0 aromatic carbocycles. The predicted octanol–water partition coefficient (Wildman–Crippen LogP) is 1.99. The number of hydrogen-bond acceptors (Lipinski definition) is 3. The van der Waals surface area contributed by atoms with Crippen molar-refractivity contribution in [3.63, 3.8) is 0 Å². The summed E-state index contributed by atoms with van der Waals surface area (Å²) < 4.78 is 0. The van der Waals surface area contributed by atoms with E-state index in [0.29, 0.717) is 30.3 Å². The molecular formula is C15H24ClN3O2. The fourth-order valence-electron chi connectivity index (χ4n) is 2.94. The number of H-pyrrole nitrogens is 1. The van der Waals surface area contributed by atoms with Crippen LogP contribution in [0.5, 0.6) is 0 Å². The van der Waals surface area contributed by atoms with Crippen LogP contribution in [0.4, 0.5) is 0 Å². The van der Waals surface area contributed by atoms with Gasteiger partial charge in [-0.15, -0.1) is 12.4 Å². The summed E-state index contributed by atoms with van der Waals surface area (Å²) in [7, 11) is 0. The summed E-state index contributed by atoms with van der Waals surface area (Å²) in [6, 6.07) is 0.368. The van der Waals surface area contributed by atoms with E-state index in [1.807, 2.05) is 13.8 Å². The molecule has 3 N–H and O–H groups in total. The lowest BCUT2D eigenvalue weighted by atomic mass is 10.0. The van der Waals surface area contributed by atoms with Gasteiger partial charge in [-0.05, 0) is 45.2 Å². The third-order valence-electron chi connectivity index (χ3n) is 3.90. The third-order valence-corrected chi connectivity index (χ3v) is 3.90. The van der Waals surface area contributed by atoms with Gasteiger partial charge in [0.1, 0.15) is 5.69 Å². The van der Waals surface area contributed by atoms with Crippen molar-refractivity contribution in [2.24, 2.45) is 0 Å². The standard InChI is InChI=1S/C15H23N3O2.ClH/c1-4-12-13(10(3)19)9(2)18-14(12)15(20)17-8-11-6-5-7-16-11;/h11,16,18H,4-8H2,1-3H3,(H,17,20);1H. The van der Waals surface area contributed by atoms with Crippen LogP contribution in [-0.4, -0.2) is 35.8 Å². The molecule has 2 rings (SSSR count). The Hall–Kier alpha value is -1.33. The molecule has 6 heteroatoms. The van der Waals surface area contributed by atoms with Gasteiger partial charge >= 0.3 is 0 Å². The van der Waals surface area contributed by atoms with Crippen LogP contribution in [0.3, 0.4) is 0 Å². The largest absolute Gasteiger partial charge is 0.354 e. The van der Waals surface area contributed by atoms with Crippen LogP contribution in [0, 0.1) is 6.92 Å². The summed E-state index contributed by atoms with van der Waals surface area (Å²) in [6.45, 7) is 7.00. The van der Waals surface area contributed by atoms with Gasteiger partial charge in [-0.1, -0.05) is 6.92 Å². The Morgan fingerprint density at radius 3 is 2.62 bits per heavy atom. The SMILES string of the molecule is CCc1c(C(=O)NCC2CCCN2)[nH]c(C)c1C(C)=O.Cl. The van der Waals surface area contributed by atoms with Crippen LogP contribution in [0.15, 0.2) is 0 Å². The number of hydrogen-bond donors (Lipinski definition) is 3. The van der Waals surface area contributed by atoms with Crippen molar-refractivity contribution < 1.29 is 9.59 Å². The van der Waals surface area contributed by atoms with E-state index >= 15 is 0 Å². The molecule has 1 amide bonds. The Morgan fingerprint density at radius 2 is 2.10 bits per heavy atom. The van der Waals surface area contributed by atoms with E-state index in [-0.39, 0.29) is 24.1 Å². The molecular weight excluding hydrogens is 290 g/mol. The van der Waals surface area contributed by atoms with Gasteiger partial charge in [-0.2, -0.15) is 0 Å². The van der Waals surface area contributed by atoms with E-state index in [0.717, 1.165) is 30.6 Å². The summed E-state index contributed by atoms with van der Waals surface area (Å²) >= 11 is 0. The summed E-state index contributed by atoms with van der Waals surface area (Å²) in [4.78, 5) is 27.0. The number of halogens is 1. The molecule has 0 radical (unpaired) electrons. The highest BCUT2D eigenvalue weighted by molar-refractivity contribution is 6.02. The normalized spacial score (nSPS) is 17.4. The first-order chi connectivity index (χ1) is 9.54. The van der Waals surface area contributed by atoms with Gasteiger partial charge < -0.3 is 15.6 Å². The second-order valence-corrected chi connectivity index (χ2v) is 5.39. The molecule has 1 fully saturated rings. The quantitative estimate of drug-likeness (QED) is 0.728. The van der Waals surface area contributed by atoms with E-state index in [1.165, 1.54) is 0 Å². The van der Waals surface area contributed by atoms with Crippen molar-refractivity contribution in [2.45, 2.75) is 46.1 Å². The second kappa shape index (κ2) is 7.61. The molecule has 0 aliphatic carbocycles. The summed E-state index contributed by atoms with van der Waals surface area (Å²) in [5.41, 5.74) is 2.80. The lowest BCUT2D eigenvalue weighted by Gasteiger charge is -2.11. The smallest absolute Gasteiger partial charge is 0.268 e. The summed E-state index contributed by atoms with van der Waals surface area (Å²) in [6.07, 6.45) is 2.93. The maximum absolute atomic E-state index is 12.3. The molecule has 1 atom stereocenters. The highest BCUT2D eigenvalue weighted by atomic mass is 35.5. The maximum Gasteiger partial charge on any atom is 0.268 e. The van der Waals surface area contributed by atoms with E-state index in [2.05, 4.69) is 15.6 Å². The first-order valence-electron chi connectivity index (χ1n) is 7.28. The highest BCUT2D eigenvalue weighted by Gasteiger charge is 2.22. The zero-order valence-corrected chi connectivity index (χ0v) is 13.7. The summed E-state index contributed by atoms with van der Waals surface area (Å²) in [5.74, 6) is -0.113. The first kappa shape index (κ1) is 17.7. The maximum atomic E-state index is 12.3. The van der Waals surface area contributed by atoms with Crippen molar-refractivity contribution in [3.8, 4) is 0 Å². The van der Waals surface area contributed by atoms with Crippen LogP contribution in [0.1, 0.15) is 58.8 Å². The van der Waals surface area contributed by atoms with E-state index in [4.69, 9.17) is 0 Å². The topological polar surface area (TPSA) is 74.0 Å². The lowest BCUT2D eigenvalue weighted by molar-refractivity contribution is 0.0944. The minimum Gasteiger partial charge on any atom is -0.354 e. The molecule has 5 nitrogen and oxygen atoms in total. The van der Waals surface area contributed by atoms with Crippen LogP contribution < -0.4 is 10.6 Å². The van der Waals surface area contributed by atoms with Crippen molar-refractivity contribution in [2.75, 3.05) is 13.1 Å². The van der Waals surface area contributed by atoms with E-state index < -0.39 is 0 Å². The van der Waals surface area contributed by atoms with Gasteiger partial charge in [0.25, 0.3) is 5.91 Å². The zero-order valence-electron chi connectivity index (χ0n) is 12.8. The zero-order chi connectivity index (χ0) is 14.7. The van der Waals surface area contributed by atoms with Crippen LogP contribution >= 0.6 is 12.4 Å². The van der Waals surface area contributed by atoms with Crippen molar-refractivity contribution in [1.82, 2.24) is 15.6 Å². The number of carbonyl (C=O) groups is 2. The van der Waals surface area contributed by atoms with E-state index in [1.54, 1.807) is 6.92 Å². The molecule has 2 heterocycles. The number of nitrogens with one attached hydrogen (secondary N) is 3. The Bertz CT molecular complexity index is 519. The minimum atomic E-state index is -0.119. The number of aromatic amines is 1. The van der Waals surface area contributed by atoms with Crippen molar-refractivity contribution >= 4 is 24.1 Å². The van der Waals surface area contributed by atoms with Crippen LogP contribution in [-0.2, 0) is 6.42 Å². The van der Waals surface area contributed by atoms with E-state index in [9.17, 15) is 9.59 Å². The predicted molar refractivity (Wildman–Crippen MR) is 85.5 cm³/mol. The minimum absolute atomic E-state index is 0. The molecule has 1 aromatic heterocycles. The number of aromatic nitrogens is 1. The molecule has 1 aliphatic heterocycles. The van der Waals surface area contributed by atoms with Gasteiger partial charge in [0.05, 0.1) is 0 Å².